The zero-order valence-electron chi connectivity index (χ0n) is 23.3. The van der Waals surface area contributed by atoms with Crippen LogP contribution in [0.15, 0.2) is 143 Å². The van der Waals surface area contributed by atoms with Crippen LogP contribution in [0.5, 0.6) is 0 Å². The summed E-state index contributed by atoms with van der Waals surface area (Å²) in [6.45, 7) is 0. The van der Waals surface area contributed by atoms with Crippen LogP contribution in [0.3, 0.4) is 0 Å². The Hall–Kier alpha value is -5.65. The van der Waals surface area contributed by atoms with Crippen molar-refractivity contribution in [3.8, 4) is 0 Å². The minimum absolute atomic E-state index is 0.798. The Labute approximate surface area is 255 Å². The van der Waals surface area contributed by atoms with Crippen LogP contribution in [-0.2, 0) is 0 Å². The van der Waals surface area contributed by atoms with Gasteiger partial charge in [0.2, 0.25) is 0 Å². The topological polar surface area (TPSA) is 42.4 Å². The number of rotatable bonds is 3. The van der Waals surface area contributed by atoms with Crippen molar-refractivity contribution in [3.63, 3.8) is 0 Å². The molecule has 0 fully saturated rings. The molecule has 4 heterocycles. The fraction of sp³-hybridized carbons (Fsp3) is 0. The SMILES string of the molecule is c1ccc2c(c1)ccc1c3cncc(N(c4ccc5c(c4)oc4ccccc45)c4ccc5sc6ccccc6c5c4)c3oc21. The second-order valence-corrected chi connectivity index (χ2v) is 12.3. The molecule has 0 N–H and O–H groups in total. The van der Waals surface area contributed by atoms with Gasteiger partial charge in [0.05, 0.1) is 11.9 Å². The van der Waals surface area contributed by atoms with Crippen LogP contribution in [0.4, 0.5) is 17.1 Å². The van der Waals surface area contributed by atoms with Crippen molar-refractivity contribution in [1.82, 2.24) is 4.98 Å². The third-order valence-electron chi connectivity index (χ3n) is 8.73. The van der Waals surface area contributed by atoms with Crippen molar-refractivity contribution in [2.24, 2.45) is 0 Å². The maximum atomic E-state index is 6.80. The van der Waals surface area contributed by atoms with Crippen LogP contribution in [0, 0.1) is 0 Å². The molecule has 0 saturated carbocycles. The molecule has 4 nitrogen and oxygen atoms in total. The maximum Gasteiger partial charge on any atom is 0.162 e. The van der Waals surface area contributed by atoms with Crippen molar-refractivity contribution in [2.45, 2.75) is 0 Å². The zero-order valence-corrected chi connectivity index (χ0v) is 24.1. The molecular formula is C39H22N2O2S. The van der Waals surface area contributed by atoms with E-state index in [4.69, 9.17) is 13.8 Å². The van der Waals surface area contributed by atoms with E-state index in [1.807, 2.05) is 35.9 Å². The molecule has 0 saturated heterocycles. The summed E-state index contributed by atoms with van der Waals surface area (Å²) in [6.07, 6.45) is 3.82. The summed E-state index contributed by atoms with van der Waals surface area (Å²) in [5, 5.41) is 8.97. The highest BCUT2D eigenvalue weighted by Gasteiger charge is 2.22. The molecule has 0 unspecified atom stereocenters. The average Bonchev–Trinajstić information content (AvgIpc) is 3.76. The minimum Gasteiger partial charge on any atom is -0.456 e. The lowest BCUT2D eigenvalue weighted by molar-refractivity contribution is 0.668. The van der Waals surface area contributed by atoms with Crippen LogP contribution in [0.25, 0.3) is 74.8 Å². The largest absolute Gasteiger partial charge is 0.456 e. The van der Waals surface area contributed by atoms with Gasteiger partial charge in [-0.2, -0.15) is 0 Å². The number of aromatic nitrogens is 1. The predicted octanol–water partition coefficient (Wildman–Crippen LogP) is 11.9. The van der Waals surface area contributed by atoms with Crippen molar-refractivity contribution < 1.29 is 8.83 Å². The molecule has 10 rings (SSSR count). The molecule has 0 spiro atoms. The van der Waals surface area contributed by atoms with E-state index < -0.39 is 0 Å². The number of para-hydroxylation sites is 1. The second kappa shape index (κ2) is 8.93. The first kappa shape index (κ1) is 23.9. The third-order valence-corrected chi connectivity index (χ3v) is 9.88. The number of fused-ring (bicyclic) bond motifs is 11. The van der Waals surface area contributed by atoms with Gasteiger partial charge >= 0.3 is 0 Å². The first-order chi connectivity index (χ1) is 21.8. The number of furan rings is 2. The molecule has 0 bridgehead atoms. The molecule has 0 aliphatic heterocycles. The van der Waals surface area contributed by atoms with Gasteiger partial charge in [-0.05, 0) is 53.9 Å². The number of benzene rings is 6. The van der Waals surface area contributed by atoms with Gasteiger partial charge < -0.3 is 13.7 Å². The molecule has 10 aromatic rings. The lowest BCUT2D eigenvalue weighted by Gasteiger charge is -2.25. The Morgan fingerprint density at radius 1 is 0.477 bits per heavy atom. The van der Waals surface area contributed by atoms with Gasteiger partial charge in [-0.3, -0.25) is 4.98 Å². The van der Waals surface area contributed by atoms with E-state index in [1.165, 1.54) is 20.2 Å². The van der Waals surface area contributed by atoms with Gasteiger partial charge in [0.15, 0.2) is 5.58 Å². The number of nitrogens with zero attached hydrogens (tertiary/aromatic N) is 2. The fourth-order valence-electron chi connectivity index (χ4n) is 6.70. The number of pyridine rings is 1. The minimum atomic E-state index is 0.798. The molecule has 44 heavy (non-hydrogen) atoms. The van der Waals surface area contributed by atoms with E-state index in [0.29, 0.717) is 0 Å². The zero-order chi connectivity index (χ0) is 28.8. The summed E-state index contributed by atoms with van der Waals surface area (Å²) >= 11 is 1.82. The van der Waals surface area contributed by atoms with Gasteiger partial charge in [0.1, 0.15) is 22.4 Å². The van der Waals surface area contributed by atoms with E-state index in [9.17, 15) is 0 Å². The van der Waals surface area contributed by atoms with Crippen LogP contribution < -0.4 is 4.90 Å². The van der Waals surface area contributed by atoms with Gasteiger partial charge in [-0.1, -0.05) is 66.7 Å². The van der Waals surface area contributed by atoms with Crippen molar-refractivity contribution >= 4 is 103 Å². The first-order valence-corrected chi connectivity index (χ1v) is 15.4. The van der Waals surface area contributed by atoms with E-state index in [2.05, 4.69) is 114 Å². The van der Waals surface area contributed by atoms with Gasteiger partial charge in [0, 0.05) is 65.1 Å². The molecule has 0 aliphatic carbocycles. The van der Waals surface area contributed by atoms with Crippen molar-refractivity contribution in [3.05, 3.63) is 134 Å². The molecule has 206 valence electrons. The molecule has 0 radical (unpaired) electrons. The highest BCUT2D eigenvalue weighted by atomic mass is 32.1. The van der Waals surface area contributed by atoms with Crippen LogP contribution in [0.1, 0.15) is 0 Å². The van der Waals surface area contributed by atoms with E-state index in [-0.39, 0.29) is 0 Å². The lowest BCUT2D eigenvalue weighted by Crippen LogP contribution is -2.10. The standard InChI is InChI=1S/C39H22N2O2S/c1-2-8-26-23(7-1)13-16-30-32-21-40-22-33(39(32)43-38(26)30)41(24-15-18-37-31(19-24)29-10-4-6-12-36(29)44-37)25-14-17-28-27-9-3-5-11-34(27)42-35(28)20-25/h1-22H. The Balaban J connectivity index is 1.28. The summed E-state index contributed by atoms with van der Waals surface area (Å²) in [7, 11) is 0. The summed E-state index contributed by atoms with van der Waals surface area (Å²) in [5.41, 5.74) is 6.26. The highest BCUT2D eigenvalue weighted by Crippen LogP contribution is 2.45. The molecule has 4 aromatic heterocycles. The molecule has 6 aromatic carbocycles. The van der Waals surface area contributed by atoms with Crippen LogP contribution >= 0.6 is 11.3 Å². The highest BCUT2D eigenvalue weighted by molar-refractivity contribution is 7.25. The van der Waals surface area contributed by atoms with E-state index >= 15 is 0 Å². The quantitative estimate of drug-likeness (QED) is 0.208. The normalized spacial score (nSPS) is 12.1. The summed E-state index contributed by atoms with van der Waals surface area (Å²) in [4.78, 5) is 7.01. The Morgan fingerprint density at radius 3 is 2.16 bits per heavy atom. The van der Waals surface area contributed by atoms with Gasteiger partial charge in [-0.15, -0.1) is 11.3 Å². The molecule has 0 aliphatic rings. The molecule has 0 amide bonds. The third kappa shape index (κ3) is 3.36. The van der Waals surface area contributed by atoms with Gasteiger partial charge in [0.25, 0.3) is 0 Å². The van der Waals surface area contributed by atoms with E-state index in [1.54, 1.807) is 0 Å². The monoisotopic (exact) mass is 582 g/mol. The van der Waals surface area contributed by atoms with E-state index in [0.717, 1.165) is 71.7 Å². The van der Waals surface area contributed by atoms with Crippen molar-refractivity contribution in [1.29, 1.82) is 0 Å². The summed E-state index contributed by atoms with van der Waals surface area (Å²) < 4.78 is 15.7. The van der Waals surface area contributed by atoms with Crippen LogP contribution in [0.2, 0.25) is 0 Å². The van der Waals surface area contributed by atoms with Crippen molar-refractivity contribution in [2.75, 3.05) is 4.90 Å². The Morgan fingerprint density at radius 2 is 1.20 bits per heavy atom. The second-order valence-electron chi connectivity index (χ2n) is 11.2. The lowest BCUT2D eigenvalue weighted by atomic mass is 10.1. The predicted molar refractivity (Wildman–Crippen MR) is 184 cm³/mol. The number of hydrogen-bond donors (Lipinski definition) is 0. The first-order valence-electron chi connectivity index (χ1n) is 14.6. The fourth-order valence-corrected chi connectivity index (χ4v) is 7.78. The Kier molecular flexibility index (Phi) is 4.84. The molecule has 5 heteroatoms. The maximum absolute atomic E-state index is 6.80. The van der Waals surface area contributed by atoms with Gasteiger partial charge in [-0.25, -0.2) is 0 Å². The summed E-state index contributed by atoms with van der Waals surface area (Å²) in [6, 6.07) is 42.6. The Bertz CT molecular complexity index is 2750. The summed E-state index contributed by atoms with van der Waals surface area (Å²) in [5.74, 6) is 0. The number of thiophene rings is 1. The number of hydrogen-bond acceptors (Lipinski definition) is 5. The number of anilines is 3. The molecule has 0 atom stereocenters. The molecular weight excluding hydrogens is 561 g/mol. The average molecular weight is 583 g/mol. The van der Waals surface area contributed by atoms with Crippen LogP contribution in [-0.4, -0.2) is 4.98 Å². The smallest absolute Gasteiger partial charge is 0.162 e.